The van der Waals surface area contributed by atoms with Gasteiger partial charge in [-0.25, -0.2) is 0 Å². The van der Waals surface area contributed by atoms with Crippen LogP contribution in [-0.2, 0) is 11.3 Å². The lowest BCUT2D eigenvalue weighted by Crippen LogP contribution is -2.28. The van der Waals surface area contributed by atoms with Gasteiger partial charge in [-0.3, -0.25) is 4.79 Å². The van der Waals surface area contributed by atoms with Crippen LogP contribution in [0.4, 0.5) is 0 Å². The van der Waals surface area contributed by atoms with Gasteiger partial charge in [0.1, 0.15) is 5.82 Å². The number of hydrogen-bond acceptors (Lipinski definition) is 4. The Bertz CT molecular complexity index is 414. The number of carbonyl (C=O) groups excluding carboxylic acids is 1. The fourth-order valence-corrected chi connectivity index (χ4v) is 2.13. The average molecular weight is 268 g/mol. The van der Waals surface area contributed by atoms with Crippen molar-refractivity contribution in [3.05, 3.63) is 18.5 Å². The predicted molar refractivity (Wildman–Crippen MR) is 73.5 cm³/mol. The number of carbonyl (C=O) groups is 1. The molecule has 18 heavy (non-hydrogen) atoms. The largest absolute Gasteiger partial charge is 0.355 e. The SMILES string of the molecule is C=CCn1c(C)nnc1SCC(=O)NCC(C)C. The Morgan fingerprint density at radius 2 is 2.28 bits per heavy atom. The number of aromatic nitrogens is 3. The highest BCUT2D eigenvalue weighted by molar-refractivity contribution is 7.99. The van der Waals surface area contributed by atoms with Gasteiger partial charge >= 0.3 is 0 Å². The van der Waals surface area contributed by atoms with Gasteiger partial charge in [0.15, 0.2) is 5.16 Å². The number of thioether (sulfide) groups is 1. The van der Waals surface area contributed by atoms with Crippen LogP contribution in [-0.4, -0.2) is 33.0 Å². The van der Waals surface area contributed by atoms with E-state index >= 15 is 0 Å². The third kappa shape index (κ3) is 4.52. The van der Waals surface area contributed by atoms with Crippen LogP contribution in [0.3, 0.4) is 0 Å². The molecule has 1 amide bonds. The molecule has 6 heteroatoms. The summed E-state index contributed by atoms with van der Waals surface area (Å²) >= 11 is 1.40. The second-order valence-corrected chi connectivity index (χ2v) is 5.36. The van der Waals surface area contributed by atoms with E-state index in [0.29, 0.717) is 24.8 Å². The van der Waals surface area contributed by atoms with E-state index in [0.717, 1.165) is 11.0 Å². The van der Waals surface area contributed by atoms with Crippen LogP contribution < -0.4 is 5.32 Å². The van der Waals surface area contributed by atoms with Gasteiger partial charge in [0.2, 0.25) is 5.91 Å². The van der Waals surface area contributed by atoms with Crippen molar-refractivity contribution >= 4 is 17.7 Å². The summed E-state index contributed by atoms with van der Waals surface area (Å²) < 4.78 is 1.94. The lowest BCUT2D eigenvalue weighted by molar-refractivity contribution is -0.118. The zero-order valence-electron chi connectivity index (χ0n) is 11.1. The lowest BCUT2D eigenvalue weighted by Gasteiger charge is -2.07. The van der Waals surface area contributed by atoms with Gasteiger partial charge in [0.05, 0.1) is 5.75 Å². The normalized spacial score (nSPS) is 10.7. The zero-order valence-corrected chi connectivity index (χ0v) is 12.0. The Hall–Kier alpha value is -1.30. The second kappa shape index (κ2) is 7.20. The first-order chi connectivity index (χ1) is 8.54. The average Bonchev–Trinajstić information content (AvgIpc) is 2.66. The Balaban J connectivity index is 2.48. The standard InChI is InChI=1S/C12H20N4OS/c1-5-6-16-10(4)14-15-12(16)18-8-11(17)13-7-9(2)3/h5,9H,1,6-8H2,2-4H3,(H,13,17). The minimum absolute atomic E-state index is 0.0273. The third-order valence-electron chi connectivity index (χ3n) is 2.25. The van der Waals surface area contributed by atoms with Crippen LogP contribution in [0.25, 0.3) is 0 Å². The van der Waals surface area contributed by atoms with Crippen molar-refractivity contribution in [2.45, 2.75) is 32.5 Å². The first kappa shape index (κ1) is 14.8. The number of rotatable bonds is 7. The van der Waals surface area contributed by atoms with E-state index in [4.69, 9.17) is 0 Å². The predicted octanol–water partition coefficient (Wildman–Crippen LogP) is 1.64. The number of hydrogen-bond donors (Lipinski definition) is 1. The van der Waals surface area contributed by atoms with E-state index in [1.807, 2.05) is 11.5 Å². The molecule has 5 nitrogen and oxygen atoms in total. The van der Waals surface area contributed by atoms with Gasteiger partial charge in [-0.15, -0.1) is 16.8 Å². The van der Waals surface area contributed by atoms with Gasteiger partial charge in [-0.1, -0.05) is 31.7 Å². The Labute approximate surface area is 112 Å². The van der Waals surface area contributed by atoms with E-state index in [1.165, 1.54) is 11.8 Å². The van der Waals surface area contributed by atoms with Crippen LogP contribution >= 0.6 is 11.8 Å². The van der Waals surface area contributed by atoms with E-state index in [2.05, 4.69) is 35.9 Å². The molecule has 0 aliphatic carbocycles. The van der Waals surface area contributed by atoms with Crippen molar-refractivity contribution < 1.29 is 4.79 Å². The molecular weight excluding hydrogens is 248 g/mol. The van der Waals surface area contributed by atoms with Crippen molar-refractivity contribution in [2.75, 3.05) is 12.3 Å². The highest BCUT2D eigenvalue weighted by atomic mass is 32.2. The van der Waals surface area contributed by atoms with Gasteiger partial charge in [-0.05, 0) is 12.8 Å². The van der Waals surface area contributed by atoms with Crippen molar-refractivity contribution in [3.63, 3.8) is 0 Å². The number of allylic oxidation sites excluding steroid dienone is 1. The Morgan fingerprint density at radius 1 is 1.56 bits per heavy atom. The van der Waals surface area contributed by atoms with Crippen molar-refractivity contribution in [3.8, 4) is 0 Å². The monoisotopic (exact) mass is 268 g/mol. The highest BCUT2D eigenvalue weighted by Gasteiger charge is 2.10. The maximum atomic E-state index is 11.6. The smallest absolute Gasteiger partial charge is 0.230 e. The van der Waals surface area contributed by atoms with Crippen LogP contribution in [0.2, 0.25) is 0 Å². The first-order valence-corrected chi connectivity index (χ1v) is 6.93. The number of aryl methyl sites for hydroxylation is 1. The summed E-state index contributed by atoms with van der Waals surface area (Å²) in [5.74, 6) is 1.69. The van der Waals surface area contributed by atoms with Crippen LogP contribution in [0.15, 0.2) is 17.8 Å². The second-order valence-electron chi connectivity index (χ2n) is 4.42. The molecule has 0 bridgehead atoms. The molecule has 1 aromatic heterocycles. The van der Waals surface area contributed by atoms with Crippen LogP contribution in [0.5, 0.6) is 0 Å². The summed E-state index contributed by atoms with van der Waals surface area (Å²) in [5.41, 5.74) is 0. The fraction of sp³-hybridized carbons (Fsp3) is 0.583. The quantitative estimate of drug-likeness (QED) is 0.603. The van der Waals surface area contributed by atoms with Gasteiger partial charge < -0.3 is 9.88 Å². The Morgan fingerprint density at radius 3 is 2.89 bits per heavy atom. The molecule has 0 saturated carbocycles. The van der Waals surface area contributed by atoms with Crippen molar-refractivity contribution in [1.29, 1.82) is 0 Å². The molecule has 1 aromatic rings. The molecule has 1 heterocycles. The molecular formula is C12H20N4OS. The maximum Gasteiger partial charge on any atom is 0.230 e. The van der Waals surface area contributed by atoms with Gasteiger partial charge in [0, 0.05) is 13.1 Å². The molecule has 0 aliphatic heterocycles. The number of amides is 1. The summed E-state index contributed by atoms with van der Waals surface area (Å²) in [7, 11) is 0. The summed E-state index contributed by atoms with van der Waals surface area (Å²) in [6.07, 6.45) is 1.79. The van der Waals surface area contributed by atoms with Crippen molar-refractivity contribution in [1.82, 2.24) is 20.1 Å². The van der Waals surface area contributed by atoms with Gasteiger partial charge in [0.25, 0.3) is 0 Å². The number of nitrogens with zero attached hydrogens (tertiary/aromatic N) is 3. The summed E-state index contributed by atoms with van der Waals surface area (Å²) in [6, 6.07) is 0. The molecule has 0 radical (unpaired) electrons. The highest BCUT2D eigenvalue weighted by Crippen LogP contribution is 2.16. The molecule has 0 unspecified atom stereocenters. The van der Waals surface area contributed by atoms with Crippen LogP contribution in [0.1, 0.15) is 19.7 Å². The van der Waals surface area contributed by atoms with Crippen molar-refractivity contribution in [2.24, 2.45) is 5.92 Å². The Kier molecular flexibility index (Phi) is 5.91. The summed E-state index contributed by atoms with van der Waals surface area (Å²) in [4.78, 5) is 11.6. The maximum absolute atomic E-state index is 11.6. The van der Waals surface area contributed by atoms with Gasteiger partial charge in [-0.2, -0.15) is 0 Å². The van der Waals surface area contributed by atoms with E-state index in [1.54, 1.807) is 6.08 Å². The molecule has 0 saturated heterocycles. The summed E-state index contributed by atoms with van der Waals surface area (Å²) in [5, 5.41) is 11.7. The lowest BCUT2D eigenvalue weighted by atomic mass is 10.2. The molecule has 0 fully saturated rings. The minimum Gasteiger partial charge on any atom is -0.355 e. The molecule has 0 spiro atoms. The topological polar surface area (TPSA) is 59.8 Å². The third-order valence-corrected chi connectivity index (χ3v) is 3.22. The molecule has 0 aromatic carbocycles. The minimum atomic E-state index is 0.0273. The molecule has 0 atom stereocenters. The molecule has 1 N–H and O–H groups in total. The van der Waals surface area contributed by atoms with E-state index < -0.39 is 0 Å². The zero-order chi connectivity index (χ0) is 13.5. The molecule has 0 aliphatic rings. The number of nitrogens with one attached hydrogen (secondary N) is 1. The van der Waals surface area contributed by atoms with Crippen LogP contribution in [0, 0.1) is 12.8 Å². The first-order valence-electron chi connectivity index (χ1n) is 5.94. The van der Waals surface area contributed by atoms with E-state index in [-0.39, 0.29) is 5.91 Å². The molecule has 100 valence electrons. The van der Waals surface area contributed by atoms with E-state index in [9.17, 15) is 4.79 Å². The fourth-order valence-electron chi connectivity index (χ4n) is 1.31. The molecule has 1 rings (SSSR count). The summed E-state index contributed by atoms with van der Waals surface area (Å²) in [6.45, 7) is 11.1.